The minimum Gasteiger partial charge on any atom is -0.365 e. The minimum atomic E-state index is -0.171. The molecule has 37 heavy (non-hydrogen) atoms. The Morgan fingerprint density at radius 1 is 1.05 bits per heavy atom. The van der Waals surface area contributed by atoms with Crippen LogP contribution in [0.2, 0.25) is 10.0 Å². The number of anilines is 1. The van der Waals surface area contributed by atoms with Gasteiger partial charge in [-0.15, -0.1) is 0 Å². The number of aryl methyl sites for hydroxylation is 3. The number of Topliss-reactive ketones (excluding diaryl/α,β-unsaturated/α-hetero) is 1. The van der Waals surface area contributed by atoms with Crippen molar-refractivity contribution in [2.75, 3.05) is 5.32 Å². The van der Waals surface area contributed by atoms with E-state index in [-0.39, 0.29) is 18.0 Å². The molecule has 0 saturated carbocycles. The summed E-state index contributed by atoms with van der Waals surface area (Å²) in [7, 11) is 0. The number of benzene rings is 2. The first-order valence-corrected chi connectivity index (χ1v) is 12.5. The second kappa shape index (κ2) is 10.7. The van der Waals surface area contributed by atoms with Gasteiger partial charge >= 0.3 is 0 Å². The van der Waals surface area contributed by atoms with Crippen molar-refractivity contribution in [2.45, 2.75) is 33.2 Å². The van der Waals surface area contributed by atoms with E-state index < -0.39 is 0 Å². The van der Waals surface area contributed by atoms with E-state index in [1.807, 2.05) is 62.4 Å². The van der Waals surface area contributed by atoms with Crippen molar-refractivity contribution in [3.8, 4) is 11.1 Å². The lowest BCUT2D eigenvalue weighted by atomic mass is 10.0. The second-order valence-electron chi connectivity index (χ2n) is 8.70. The van der Waals surface area contributed by atoms with Gasteiger partial charge in [0.05, 0.1) is 16.2 Å². The smallest absolute Gasteiger partial charge is 0.200 e. The summed E-state index contributed by atoms with van der Waals surface area (Å²) in [5.74, 6) is 1.27. The molecule has 0 radical (unpaired) electrons. The quantitative estimate of drug-likeness (QED) is 0.214. The molecule has 7 nitrogen and oxygen atoms in total. The highest BCUT2D eigenvalue weighted by atomic mass is 35.5. The zero-order valence-electron chi connectivity index (χ0n) is 20.3. The Kier molecular flexibility index (Phi) is 7.17. The average molecular weight is 532 g/mol. The lowest BCUT2D eigenvalue weighted by molar-refractivity contribution is 0.0973. The summed E-state index contributed by atoms with van der Waals surface area (Å²) in [4.78, 5) is 26.4. The van der Waals surface area contributed by atoms with Crippen molar-refractivity contribution in [3.05, 3.63) is 99.4 Å². The molecule has 0 aliphatic heterocycles. The molecule has 186 valence electrons. The maximum absolute atomic E-state index is 13.1. The Hall–Kier alpha value is -3.81. The van der Waals surface area contributed by atoms with Gasteiger partial charge in [-0.3, -0.25) is 9.78 Å². The number of rotatable bonds is 8. The zero-order chi connectivity index (χ0) is 25.9. The lowest BCUT2D eigenvalue weighted by Crippen LogP contribution is -2.11. The van der Waals surface area contributed by atoms with Gasteiger partial charge < -0.3 is 9.84 Å². The van der Waals surface area contributed by atoms with E-state index in [2.05, 4.69) is 25.4 Å². The zero-order valence-corrected chi connectivity index (χ0v) is 21.8. The highest BCUT2D eigenvalue weighted by Crippen LogP contribution is 2.32. The first kappa shape index (κ1) is 24.9. The number of carbonyl (C=O) groups is 1. The number of fused-ring (bicyclic) bond motifs is 1. The van der Waals surface area contributed by atoms with Crippen LogP contribution in [0.3, 0.4) is 0 Å². The van der Waals surface area contributed by atoms with Crippen LogP contribution >= 0.6 is 23.2 Å². The Balaban J connectivity index is 1.51. The molecule has 2 aromatic carbocycles. The van der Waals surface area contributed by atoms with Crippen LogP contribution in [-0.4, -0.2) is 25.9 Å². The predicted molar refractivity (Wildman–Crippen MR) is 145 cm³/mol. The van der Waals surface area contributed by atoms with E-state index in [1.165, 1.54) is 0 Å². The number of carbonyl (C=O) groups excluding carboxylic acids is 1. The molecule has 0 aliphatic carbocycles. The fourth-order valence-electron chi connectivity index (χ4n) is 4.24. The van der Waals surface area contributed by atoms with Gasteiger partial charge in [0.15, 0.2) is 11.6 Å². The number of nitrogens with zero attached hydrogens (tertiary/aromatic N) is 4. The van der Waals surface area contributed by atoms with E-state index in [0.29, 0.717) is 34.3 Å². The van der Waals surface area contributed by atoms with Crippen molar-refractivity contribution >= 4 is 45.7 Å². The largest absolute Gasteiger partial charge is 0.365 e. The van der Waals surface area contributed by atoms with Gasteiger partial charge in [0, 0.05) is 41.3 Å². The maximum Gasteiger partial charge on any atom is 0.200 e. The van der Waals surface area contributed by atoms with Crippen molar-refractivity contribution in [2.24, 2.45) is 0 Å². The highest BCUT2D eigenvalue weighted by molar-refractivity contribution is 6.31. The molecular weight excluding hydrogens is 509 g/mol. The normalized spacial score (nSPS) is 11.1. The van der Waals surface area contributed by atoms with Crippen molar-refractivity contribution in [1.29, 1.82) is 0 Å². The summed E-state index contributed by atoms with van der Waals surface area (Å²) in [6.45, 7) is 4.26. The number of pyridine rings is 1. The molecule has 0 unspecified atom stereocenters. The van der Waals surface area contributed by atoms with Gasteiger partial charge in [-0.1, -0.05) is 46.6 Å². The van der Waals surface area contributed by atoms with Gasteiger partial charge in [0.1, 0.15) is 11.6 Å². The molecular formula is C28H23Cl2N5O2. The van der Waals surface area contributed by atoms with Gasteiger partial charge in [-0.25, -0.2) is 9.97 Å². The summed E-state index contributed by atoms with van der Waals surface area (Å²) in [6, 6.07) is 15.2. The third kappa shape index (κ3) is 5.48. The van der Waals surface area contributed by atoms with Crippen LogP contribution < -0.4 is 5.32 Å². The molecule has 3 aromatic heterocycles. The third-order valence-corrected chi connectivity index (χ3v) is 6.67. The van der Waals surface area contributed by atoms with Crippen LogP contribution in [0.15, 0.2) is 65.4 Å². The van der Waals surface area contributed by atoms with E-state index in [4.69, 9.17) is 27.7 Å². The molecule has 1 N–H and O–H groups in total. The fourth-order valence-corrected chi connectivity index (χ4v) is 4.66. The van der Waals surface area contributed by atoms with Crippen LogP contribution in [-0.2, 0) is 13.0 Å². The molecule has 0 bridgehead atoms. The molecule has 5 aromatic rings. The molecule has 0 amide bonds. The molecule has 9 heteroatoms. The van der Waals surface area contributed by atoms with Crippen LogP contribution in [0.5, 0.6) is 0 Å². The third-order valence-electron chi connectivity index (χ3n) is 6.09. The van der Waals surface area contributed by atoms with Gasteiger partial charge in [0.2, 0.25) is 0 Å². The van der Waals surface area contributed by atoms with Gasteiger partial charge in [-0.2, -0.15) is 0 Å². The number of aromatic nitrogens is 4. The van der Waals surface area contributed by atoms with Crippen LogP contribution in [0.1, 0.15) is 39.6 Å². The predicted octanol–water partition coefficient (Wildman–Crippen LogP) is 7.03. The first-order chi connectivity index (χ1) is 17.9. The average Bonchev–Trinajstić information content (AvgIpc) is 3.23. The number of nitrogens with one attached hydrogen (secondary N) is 1. The Morgan fingerprint density at radius 2 is 1.92 bits per heavy atom. The Labute approximate surface area is 223 Å². The molecule has 0 atom stereocenters. The summed E-state index contributed by atoms with van der Waals surface area (Å²) in [5.41, 5.74) is 5.16. The molecule has 0 fully saturated rings. The van der Waals surface area contributed by atoms with Crippen LogP contribution in [0.4, 0.5) is 5.82 Å². The summed E-state index contributed by atoms with van der Waals surface area (Å²) in [5, 5.41) is 9.43. The molecule has 5 rings (SSSR count). The van der Waals surface area contributed by atoms with Crippen molar-refractivity contribution < 1.29 is 9.32 Å². The summed E-state index contributed by atoms with van der Waals surface area (Å²) < 4.78 is 5.36. The first-order valence-electron chi connectivity index (χ1n) is 11.7. The number of hydrogen-bond donors (Lipinski definition) is 1. The number of halogens is 2. The molecule has 0 saturated heterocycles. The molecule has 3 heterocycles. The van der Waals surface area contributed by atoms with Crippen LogP contribution in [0, 0.1) is 13.8 Å². The SMILES string of the molecule is Cc1noc(C)c1-c1ccc2nc(C(=O)CCc3ccncc3Cl)nc(NCc3cccc(Cl)c3)c2c1. The maximum atomic E-state index is 13.1. The van der Waals surface area contributed by atoms with Crippen molar-refractivity contribution in [1.82, 2.24) is 20.1 Å². The summed E-state index contributed by atoms with van der Waals surface area (Å²) >= 11 is 12.4. The standard InChI is InChI=1S/C28H23Cl2N5O2/c1-16-26(17(2)37-35-16)20-6-8-24-22(13-20)27(32-14-18-4-3-5-21(29)12-18)34-28(33-24)25(36)9-7-19-10-11-31-15-23(19)30/h3-6,8,10-13,15H,7,9,14H2,1-2H3,(H,32,33,34). The monoisotopic (exact) mass is 531 g/mol. The van der Waals surface area contributed by atoms with Gasteiger partial charge in [0.25, 0.3) is 0 Å². The second-order valence-corrected chi connectivity index (χ2v) is 9.54. The Morgan fingerprint density at radius 3 is 2.68 bits per heavy atom. The van der Waals surface area contributed by atoms with E-state index in [1.54, 1.807) is 12.4 Å². The van der Waals surface area contributed by atoms with Gasteiger partial charge in [-0.05, 0) is 67.3 Å². The number of ketones is 1. The van der Waals surface area contributed by atoms with E-state index in [9.17, 15) is 4.79 Å². The lowest BCUT2D eigenvalue weighted by Gasteiger charge is -2.12. The number of hydrogen-bond acceptors (Lipinski definition) is 7. The fraction of sp³-hybridized carbons (Fsp3) is 0.179. The summed E-state index contributed by atoms with van der Waals surface area (Å²) in [6.07, 6.45) is 3.92. The minimum absolute atomic E-state index is 0.149. The highest BCUT2D eigenvalue weighted by Gasteiger charge is 2.18. The topological polar surface area (TPSA) is 93.8 Å². The van der Waals surface area contributed by atoms with E-state index >= 15 is 0 Å². The van der Waals surface area contributed by atoms with Crippen molar-refractivity contribution in [3.63, 3.8) is 0 Å². The molecule has 0 spiro atoms. The van der Waals surface area contributed by atoms with Crippen LogP contribution in [0.25, 0.3) is 22.0 Å². The van der Waals surface area contributed by atoms with E-state index in [0.717, 1.165) is 39.1 Å². The Bertz CT molecular complexity index is 1600. The molecule has 0 aliphatic rings.